The first-order chi connectivity index (χ1) is 8.86. The molecule has 108 valence electrons. The largest absolute Gasteiger partial charge is 0.382 e. The summed E-state index contributed by atoms with van der Waals surface area (Å²) in [6.07, 6.45) is 3.71. The van der Waals surface area contributed by atoms with Crippen molar-refractivity contribution in [2.45, 2.75) is 72.3 Å². The number of benzene rings is 1. The van der Waals surface area contributed by atoms with Crippen LogP contribution in [-0.4, -0.2) is 6.04 Å². The summed E-state index contributed by atoms with van der Waals surface area (Å²) in [5, 5.41) is 3.67. The summed E-state index contributed by atoms with van der Waals surface area (Å²) in [5.41, 5.74) is 2.88. The fourth-order valence-corrected chi connectivity index (χ4v) is 2.28. The number of hydrogen-bond donors (Lipinski definition) is 1. The van der Waals surface area contributed by atoms with Gasteiger partial charge in [-0.2, -0.15) is 0 Å². The molecule has 0 fully saturated rings. The zero-order valence-corrected chi connectivity index (χ0v) is 13.6. The third-order valence-electron chi connectivity index (χ3n) is 4.00. The molecule has 0 spiro atoms. The zero-order chi connectivity index (χ0) is 14.5. The summed E-state index contributed by atoms with van der Waals surface area (Å²) in [4.78, 5) is 0. The van der Waals surface area contributed by atoms with Crippen LogP contribution in [0.4, 0.5) is 5.69 Å². The Morgan fingerprint density at radius 2 is 1.58 bits per heavy atom. The van der Waals surface area contributed by atoms with E-state index in [1.165, 1.54) is 30.5 Å². The van der Waals surface area contributed by atoms with Gasteiger partial charge in [0.05, 0.1) is 0 Å². The molecule has 1 nitrogen and oxygen atoms in total. The Bertz CT molecular complexity index is 358. The molecule has 0 aromatic heterocycles. The summed E-state index contributed by atoms with van der Waals surface area (Å²) in [5.74, 6) is 0.797. The van der Waals surface area contributed by atoms with Crippen molar-refractivity contribution in [2.75, 3.05) is 5.32 Å². The third kappa shape index (κ3) is 5.26. The molecule has 0 saturated carbocycles. The second kappa shape index (κ2) is 6.98. The molecule has 1 rings (SSSR count). The van der Waals surface area contributed by atoms with Crippen LogP contribution in [-0.2, 0) is 5.41 Å². The van der Waals surface area contributed by atoms with Gasteiger partial charge in [0.25, 0.3) is 0 Å². The number of anilines is 1. The Hall–Kier alpha value is -0.980. The Kier molecular flexibility index (Phi) is 5.90. The molecule has 1 aromatic rings. The van der Waals surface area contributed by atoms with Crippen molar-refractivity contribution >= 4 is 5.69 Å². The van der Waals surface area contributed by atoms with Crippen LogP contribution in [0.1, 0.15) is 66.4 Å². The fourth-order valence-electron chi connectivity index (χ4n) is 2.28. The standard InChI is InChI=1S/C18H31N/c1-7-14(3)13-16(8-2)19-17-11-9-15(10-12-17)18(4,5)6/h9-12,14,16,19H,7-8,13H2,1-6H3. The normalized spacial score (nSPS) is 15.1. The molecule has 0 aliphatic carbocycles. The first-order valence-corrected chi connectivity index (χ1v) is 7.73. The monoisotopic (exact) mass is 261 g/mol. The summed E-state index contributed by atoms with van der Waals surface area (Å²) in [6.45, 7) is 13.7. The van der Waals surface area contributed by atoms with Crippen molar-refractivity contribution in [3.63, 3.8) is 0 Å². The summed E-state index contributed by atoms with van der Waals surface area (Å²) in [6, 6.07) is 9.53. The first-order valence-electron chi connectivity index (χ1n) is 7.73. The molecule has 0 saturated heterocycles. The van der Waals surface area contributed by atoms with E-state index in [2.05, 4.69) is 71.1 Å². The van der Waals surface area contributed by atoms with Crippen molar-refractivity contribution in [1.82, 2.24) is 0 Å². The minimum Gasteiger partial charge on any atom is -0.382 e. The molecule has 1 aromatic carbocycles. The van der Waals surface area contributed by atoms with Crippen LogP contribution in [0.5, 0.6) is 0 Å². The lowest BCUT2D eigenvalue weighted by Crippen LogP contribution is -2.21. The second-order valence-electron chi connectivity index (χ2n) is 6.83. The SMILES string of the molecule is CCC(C)CC(CC)Nc1ccc(C(C)(C)C)cc1. The smallest absolute Gasteiger partial charge is 0.0342 e. The molecule has 1 N–H and O–H groups in total. The first kappa shape index (κ1) is 16.1. The van der Waals surface area contributed by atoms with E-state index in [9.17, 15) is 0 Å². The van der Waals surface area contributed by atoms with Crippen molar-refractivity contribution in [3.8, 4) is 0 Å². The van der Waals surface area contributed by atoms with Crippen molar-refractivity contribution < 1.29 is 0 Å². The van der Waals surface area contributed by atoms with Gasteiger partial charge in [-0.25, -0.2) is 0 Å². The molecule has 2 unspecified atom stereocenters. The summed E-state index contributed by atoms with van der Waals surface area (Å²) < 4.78 is 0. The number of hydrogen-bond acceptors (Lipinski definition) is 1. The van der Waals surface area contributed by atoms with Gasteiger partial charge in [-0.1, -0.05) is 60.1 Å². The highest BCUT2D eigenvalue weighted by Gasteiger charge is 2.14. The predicted octanol–water partition coefficient (Wildman–Crippen LogP) is 5.61. The second-order valence-corrected chi connectivity index (χ2v) is 6.83. The fraction of sp³-hybridized carbons (Fsp3) is 0.667. The molecule has 0 amide bonds. The molecule has 0 aliphatic rings. The van der Waals surface area contributed by atoms with Gasteiger partial charge < -0.3 is 5.32 Å². The highest BCUT2D eigenvalue weighted by Crippen LogP contribution is 2.24. The van der Waals surface area contributed by atoms with E-state index in [-0.39, 0.29) is 5.41 Å². The van der Waals surface area contributed by atoms with Crippen molar-refractivity contribution in [1.29, 1.82) is 0 Å². The maximum Gasteiger partial charge on any atom is 0.0342 e. The van der Waals surface area contributed by atoms with Crippen LogP contribution < -0.4 is 5.32 Å². The molecular weight excluding hydrogens is 230 g/mol. The number of rotatable bonds is 6. The van der Waals surface area contributed by atoms with Crippen LogP contribution in [0.15, 0.2) is 24.3 Å². The lowest BCUT2D eigenvalue weighted by atomic mass is 9.87. The van der Waals surface area contributed by atoms with Gasteiger partial charge in [0.15, 0.2) is 0 Å². The summed E-state index contributed by atoms with van der Waals surface area (Å²) >= 11 is 0. The zero-order valence-electron chi connectivity index (χ0n) is 13.6. The quantitative estimate of drug-likeness (QED) is 0.701. The van der Waals surface area contributed by atoms with Crippen LogP contribution in [0.3, 0.4) is 0 Å². The predicted molar refractivity (Wildman–Crippen MR) is 86.9 cm³/mol. The van der Waals surface area contributed by atoms with E-state index >= 15 is 0 Å². The lowest BCUT2D eigenvalue weighted by molar-refractivity contribution is 0.462. The van der Waals surface area contributed by atoms with Crippen molar-refractivity contribution in [2.24, 2.45) is 5.92 Å². The van der Waals surface area contributed by atoms with Gasteiger partial charge >= 0.3 is 0 Å². The average Bonchev–Trinajstić information content (AvgIpc) is 2.37. The molecule has 0 heterocycles. The van der Waals surface area contributed by atoms with E-state index < -0.39 is 0 Å². The van der Waals surface area contributed by atoms with Crippen molar-refractivity contribution in [3.05, 3.63) is 29.8 Å². The van der Waals surface area contributed by atoms with Gasteiger partial charge in [0.2, 0.25) is 0 Å². The highest BCUT2D eigenvalue weighted by atomic mass is 14.9. The van der Waals surface area contributed by atoms with E-state index in [4.69, 9.17) is 0 Å². The maximum atomic E-state index is 3.67. The van der Waals surface area contributed by atoms with Crippen LogP contribution in [0, 0.1) is 5.92 Å². The maximum absolute atomic E-state index is 3.67. The molecule has 19 heavy (non-hydrogen) atoms. The van der Waals surface area contributed by atoms with E-state index in [0.29, 0.717) is 6.04 Å². The Labute approximate surface area is 119 Å². The highest BCUT2D eigenvalue weighted by molar-refractivity contribution is 5.46. The Morgan fingerprint density at radius 3 is 2.00 bits per heavy atom. The lowest BCUT2D eigenvalue weighted by Gasteiger charge is -2.23. The molecule has 2 atom stereocenters. The topological polar surface area (TPSA) is 12.0 Å². The van der Waals surface area contributed by atoms with E-state index in [0.717, 1.165) is 5.92 Å². The van der Waals surface area contributed by atoms with Gasteiger partial charge in [-0.05, 0) is 41.9 Å². The minimum absolute atomic E-state index is 0.236. The number of nitrogens with one attached hydrogen (secondary N) is 1. The van der Waals surface area contributed by atoms with Gasteiger partial charge in [0.1, 0.15) is 0 Å². The Balaban J connectivity index is 2.65. The summed E-state index contributed by atoms with van der Waals surface area (Å²) in [7, 11) is 0. The van der Waals surface area contributed by atoms with E-state index in [1.807, 2.05) is 0 Å². The minimum atomic E-state index is 0.236. The molecule has 0 aliphatic heterocycles. The van der Waals surface area contributed by atoms with Gasteiger partial charge in [0, 0.05) is 11.7 Å². The average molecular weight is 261 g/mol. The van der Waals surface area contributed by atoms with Gasteiger partial charge in [-0.15, -0.1) is 0 Å². The van der Waals surface area contributed by atoms with Crippen LogP contribution in [0.25, 0.3) is 0 Å². The molecule has 0 radical (unpaired) electrons. The van der Waals surface area contributed by atoms with E-state index in [1.54, 1.807) is 0 Å². The molecule has 0 bridgehead atoms. The van der Waals surface area contributed by atoms with Gasteiger partial charge in [-0.3, -0.25) is 0 Å². The molecule has 1 heteroatoms. The Morgan fingerprint density at radius 1 is 1.00 bits per heavy atom. The third-order valence-corrected chi connectivity index (χ3v) is 4.00. The van der Waals surface area contributed by atoms with Crippen LogP contribution >= 0.6 is 0 Å². The molecular formula is C18H31N. The van der Waals surface area contributed by atoms with Crippen LogP contribution in [0.2, 0.25) is 0 Å².